The maximum absolute atomic E-state index is 2.52. The molecule has 4 heteroatoms. The third kappa shape index (κ3) is 5.60. The molecule has 0 aliphatic rings. The van der Waals surface area contributed by atoms with Crippen LogP contribution in [0.5, 0.6) is 0 Å². The molecule has 284 valence electrons. The van der Waals surface area contributed by atoms with Crippen LogP contribution in [0.2, 0.25) is 0 Å². The average Bonchev–Trinajstić information content (AvgIpc) is 3.84. The summed E-state index contributed by atoms with van der Waals surface area (Å²) in [7, 11) is 0. The van der Waals surface area contributed by atoms with Crippen LogP contribution in [0.1, 0.15) is 11.1 Å². The normalized spacial score (nSPS) is 11.8. The van der Waals surface area contributed by atoms with E-state index in [1.807, 2.05) is 22.7 Å². The van der Waals surface area contributed by atoms with E-state index in [4.69, 9.17) is 0 Å². The van der Waals surface area contributed by atoms with Gasteiger partial charge in [-0.1, -0.05) is 109 Å². The van der Waals surface area contributed by atoms with Crippen molar-refractivity contribution in [1.82, 2.24) is 0 Å². The number of fused-ring (bicyclic) bond motifs is 9. The number of aryl methyl sites for hydroxylation is 2. The van der Waals surface area contributed by atoms with Crippen molar-refractivity contribution >= 4 is 129 Å². The van der Waals surface area contributed by atoms with E-state index in [0.717, 1.165) is 22.7 Å². The molecular weight excluding hydrogens is 765 g/mol. The number of hydrogen-bond acceptors (Lipinski definition) is 4. The zero-order chi connectivity index (χ0) is 39.9. The van der Waals surface area contributed by atoms with Crippen molar-refractivity contribution in [1.29, 1.82) is 0 Å². The summed E-state index contributed by atoms with van der Waals surface area (Å²) in [4.78, 5) is 5.03. The molecule has 0 amide bonds. The smallest absolute Gasteiger partial charge is 0.0619 e. The van der Waals surface area contributed by atoms with Gasteiger partial charge in [-0.3, -0.25) is 0 Å². The van der Waals surface area contributed by atoms with Crippen LogP contribution in [0.15, 0.2) is 194 Å². The highest BCUT2D eigenvalue weighted by Gasteiger charge is 2.26. The van der Waals surface area contributed by atoms with Crippen molar-refractivity contribution < 1.29 is 0 Å². The van der Waals surface area contributed by atoms with Gasteiger partial charge in [-0.15, -0.1) is 22.7 Å². The summed E-state index contributed by atoms with van der Waals surface area (Å²) in [6, 6.07) is 72.3. The lowest BCUT2D eigenvalue weighted by Gasteiger charge is -2.32. The largest absolute Gasteiger partial charge is 0.309 e. The van der Waals surface area contributed by atoms with E-state index in [2.05, 4.69) is 218 Å². The molecule has 2 nitrogen and oxygen atoms in total. The number of hydrogen-bond donors (Lipinski definition) is 0. The molecule has 0 N–H and O–H groups in total. The molecule has 60 heavy (non-hydrogen) atoms. The molecule has 0 radical (unpaired) electrons. The molecule has 0 aliphatic carbocycles. The number of rotatable bonds is 6. The predicted octanol–water partition coefficient (Wildman–Crippen LogP) is 17.4. The van der Waals surface area contributed by atoms with Crippen molar-refractivity contribution in [3.05, 3.63) is 205 Å². The lowest BCUT2D eigenvalue weighted by molar-refractivity contribution is 1.29. The first-order chi connectivity index (χ1) is 29.6. The van der Waals surface area contributed by atoms with Gasteiger partial charge in [0.2, 0.25) is 0 Å². The van der Waals surface area contributed by atoms with Crippen LogP contribution in [-0.4, -0.2) is 0 Å². The van der Waals surface area contributed by atoms with Gasteiger partial charge in [0.05, 0.1) is 11.4 Å². The average molecular weight is 803 g/mol. The summed E-state index contributed by atoms with van der Waals surface area (Å²) in [5.74, 6) is 0. The molecule has 10 aromatic carbocycles. The monoisotopic (exact) mass is 802 g/mol. The van der Waals surface area contributed by atoms with E-state index < -0.39 is 0 Å². The van der Waals surface area contributed by atoms with Crippen LogP contribution in [0.25, 0.3) is 72.7 Å². The number of thiophene rings is 2. The van der Waals surface area contributed by atoms with Crippen molar-refractivity contribution in [3.63, 3.8) is 0 Å². The van der Waals surface area contributed by atoms with Crippen LogP contribution in [0, 0.1) is 13.8 Å². The fraction of sp³-hybridized carbons (Fsp3) is 0.0357. The molecule has 2 heterocycles. The van der Waals surface area contributed by atoms with Gasteiger partial charge in [-0.25, -0.2) is 0 Å². The summed E-state index contributed by atoms with van der Waals surface area (Å²) < 4.78 is 5.21. The molecule has 0 aliphatic heterocycles. The first-order valence-electron chi connectivity index (χ1n) is 20.5. The molecule has 0 saturated carbocycles. The van der Waals surface area contributed by atoms with Crippen LogP contribution >= 0.6 is 22.7 Å². The fourth-order valence-electron chi connectivity index (χ4n) is 9.36. The van der Waals surface area contributed by atoms with Crippen LogP contribution in [-0.2, 0) is 0 Å². The minimum Gasteiger partial charge on any atom is -0.309 e. The minimum absolute atomic E-state index is 1.13. The fourth-order valence-corrected chi connectivity index (χ4v) is 11.5. The second-order valence-electron chi connectivity index (χ2n) is 15.9. The Kier molecular flexibility index (Phi) is 8.06. The zero-order valence-corrected chi connectivity index (χ0v) is 34.8. The predicted molar refractivity (Wildman–Crippen MR) is 264 cm³/mol. The van der Waals surface area contributed by atoms with Crippen LogP contribution < -0.4 is 9.80 Å². The Morgan fingerprint density at radius 1 is 0.283 bits per heavy atom. The summed E-state index contributed by atoms with van der Waals surface area (Å²) in [5, 5.41) is 12.3. The van der Waals surface area contributed by atoms with E-state index in [1.54, 1.807) is 0 Å². The number of benzene rings is 10. The third-order valence-electron chi connectivity index (χ3n) is 12.0. The summed E-state index contributed by atoms with van der Waals surface area (Å²) in [6.07, 6.45) is 0. The van der Waals surface area contributed by atoms with Gasteiger partial charge in [0.1, 0.15) is 0 Å². The standard InChI is InChI=1S/C56H38N2S2/c1-35-13-11-17-39(29-35)57(41-25-27-53-47(33-41)45-21-7-9-23-51(45)59-53)55-43-19-5-3-15-37(43)32-50-49(55)31-38-16-4-6-20-44(38)56(50)58(40-18-12-14-36(2)30-40)42-26-28-54-48(34-42)46-22-8-10-24-52(46)60-54/h3-34H,1-2H3. The topological polar surface area (TPSA) is 6.48 Å². The Bertz CT molecular complexity index is 3430. The van der Waals surface area contributed by atoms with Gasteiger partial charge >= 0.3 is 0 Å². The second kappa shape index (κ2) is 13.8. The Morgan fingerprint density at radius 2 is 0.667 bits per heavy atom. The van der Waals surface area contributed by atoms with Crippen LogP contribution in [0.4, 0.5) is 34.1 Å². The van der Waals surface area contributed by atoms with Gasteiger partial charge in [0.25, 0.3) is 0 Å². The molecular formula is C56H38N2S2. The summed E-state index contributed by atoms with van der Waals surface area (Å²) in [5.41, 5.74) is 9.31. The lowest BCUT2D eigenvalue weighted by Crippen LogP contribution is -2.14. The molecule has 0 fully saturated rings. The lowest BCUT2D eigenvalue weighted by atomic mass is 9.93. The Hall–Kier alpha value is -6.98. The first kappa shape index (κ1) is 35.0. The minimum atomic E-state index is 1.13. The highest BCUT2D eigenvalue weighted by Crippen LogP contribution is 2.52. The molecule has 0 bridgehead atoms. The molecule has 0 unspecified atom stereocenters. The maximum atomic E-state index is 2.52. The first-order valence-corrected chi connectivity index (χ1v) is 22.1. The highest BCUT2D eigenvalue weighted by molar-refractivity contribution is 7.26. The quantitative estimate of drug-likeness (QED) is 0.155. The summed E-state index contributed by atoms with van der Waals surface area (Å²) in [6.45, 7) is 4.38. The van der Waals surface area contributed by atoms with Crippen molar-refractivity contribution in [2.45, 2.75) is 13.8 Å². The third-order valence-corrected chi connectivity index (χ3v) is 14.3. The second-order valence-corrected chi connectivity index (χ2v) is 18.1. The van der Waals surface area contributed by atoms with Gasteiger partial charge in [-0.05, 0) is 121 Å². The molecule has 2 aromatic heterocycles. The Morgan fingerprint density at radius 3 is 1.12 bits per heavy atom. The van der Waals surface area contributed by atoms with Gasteiger partial charge < -0.3 is 9.80 Å². The van der Waals surface area contributed by atoms with E-state index in [9.17, 15) is 0 Å². The molecule has 12 aromatic rings. The van der Waals surface area contributed by atoms with E-state index >= 15 is 0 Å². The van der Waals surface area contributed by atoms with Gasteiger partial charge in [-0.2, -0.15) is 0 Å². The SMILES string of the molecule is Cc1cccc(N(c2ccc3sc4ccccc4c3c2)c2c3ccccc3cc3c(N(c4cccc(C)c4)c4ccc5sc6ccccc6c5c4)c4ccccc4cc23)c1. The van der Waals surface area contributed by atoms with E-state index in [-0.39, 0.29) is 0 Å². The van der Waals surface area contributed by atoms with Crippen molar-refractivity contribution in [2.24, 2.45) is 0 Å². The summed E-state index contributed by atoms with van der Waals surface area (Å²) >= 11 is 3.73. The van der Waals surface area contributed by atoms with Crippen molar-refractivity contribution in [3.8, 4) is 0 Å². The van der Waals surface area contributed by atoms with Gasteiger partial charge in [0, 0.05) is 84.6 Å². The number of nitrogens with zero attached hydrogens (tertiary/aromatic N) is 2. The van der Waals surface area contributed by atoms with Gasteiger partial charge in [0.15, 0.2) is 0 Å². The highest BCUT2D eigenvalue weighted by atomic mass is 32.1. The van der Waals surface area contributed by atoms with E-state index in [0.29, 0.717) is 0 Å². The van der Waals surface area contributed by atoms with E-state index in [1.165, 1.54) is 95.2 Å². The molecule has 0 saturated heterocycles. The maximum Gasteiger partial charge on any atom is 0.0619 e. The number of anilines is 6. The Labute approximate surface area is 356 Å². The molecule has 0 spiro atoms. The molecule has 12 rings (SSSR count). The molecule has 0 atom stereocenters. The van der Waals surface area contributed by atoms with Crippen molar-refractivity contribution in [2.75, 3.05) is 9.80 Å². The zero-order valence-electron chi connectivity index (χ0n) is 33.2. The Balaban J connectivity index is 1.22. The van der Waals surface area contributed by atoms with Crippen LogP contribution in [0.3, 0.4) is 0 Å².